The van der Waals surface area contributed by atoms with Crippen molar-refractivity contribution < 1.29 is 0 Å². The molecule has 4 heteroatoms. The van der Waals surface area contributed by atoms with Crippen LogP contribution in [0.2, 0.25) is 0 Å². The fourth-order valence-electron chi connectivity index (χ4n) is 2.34. The zero-order valence-electron chi connectivity index (χ0n) is 12.2. The van der Waals surface area contributed by atoms with Gasteiger partial charge in [-0.15, -0.1) is 12.4 Å². The summed E-state index contributed by atoms with van der Waals surface area (Å²) in [7, 11) is 0. The number of aryl methyl sites for hydroxylation is 1. The van der Waals surface area contributed by atoms with Gasteiger partial charge in [0.05, 0.1) is 16.8 Å². The van der Waals surface area contributed by atoms with E-state index in [9.17, 15) is 5.26 Å². The Kier molecular flexibility index (Phi) is 4.98. The van der Waals surface area contributed by atoms with E-state index in [1.54, 1.807) is 6.20 Å². The van der Waals surface area contributed by atoms with E-state index in [1.165, 1.54) is 5.56 Å². The largest absolute Gasteiger partial charge is 0.354 e. The summed E-state index contributed by atoms with van der Waals surface area (Å²) in [6.07, 6.45) is 2.58. The molecule has 3 nitrogen and oxygen atoms in total. The molecule has 2 aromatic carbocycles. The van der Waals surface area contributed by atoms with Crippen LogP contribution in [0.4, 0.5) is 11.4 Å². The first kappa shape index (κ1) is 15.8. The number of nitriles is 1. The summed E-state index contributed by atoms with van der Waals surface area (Å²) in [5.41, 5.74) is 4.46. The molecule has 3 aromatic rings. The van der Waals surface area contributed by atoms with E-state index in [0.29, 0.717) is 5.56 Å². The number of hydrogen-bond donors (Lipinski definition) is 1. The van der Waals surface area contributed by atoms with Crippen molar-refractivity contribution in [3.8, 4) is 6.07 Å². The van der Waals surface area contributed by atoms with Crippen LogP contribution in [0, 0.1) is 11.3 Å². The predicted molar refractivity (Wildman–Crippen MR) is 92.8 cm³/mol. The number of nitrogens with zero attached hydrogens (tertiary/aromatic N) is 2. The molecule has 1 aromatic heterocycles. The van der Waals surface area contributed by atoms with E-state index >= 15 is 0 Å². The molecule has 0 aliphatic carbocycles. The van der Waals surface area contributed by atoms with Crippen LogP contribution in [0.1, 0.15) is 18.1 Å². The molecular weight excluding hydrogens is 294 g/mol. The summed E-state index contributed by atoms with van der Waals surface area (Å²) >= 11 is 0. The van der Waals surface area contributed by atoms with Crippen molar-refractivity contribution in [2.24, 2.45) is 0 Å². The molecule has 110 valence electrons. The van der Waals surface area contributed by atoms with E-state index in [0.717, 1.165) is 28.7 Å². The number of rotatable bonds is 3. The van der Waals surface area contributed by atoms with Gasteiger partial charge in [-0.25, -0.2) is 0 Å². The minimum atomic E-state index is 0. The Balaban J connectivity index is 0.00000176. The number of anilines is 2. The van der Waals surface area contributed by atoms with Crippen LogP contribution in [-0.4, -0.2) is 4.98 Å². The van der Waals surface area contributed by atoms with Crippen molar-refractivity contribution >= 4 is 34.7 Å². The number of nitrogens with one attached hydrogen (secondary N) is 1. The summed E-state index contributed by atoms with van der Waals surface area (Å²) in [5, 5.41) is 13.7. The van der Waals surface area contributed by atoms with Crippen LogP contribution in [0.15, 0.2) is 54.7 Å². The Bertz CT molecular complexity index is 823. The highest BCUT2D eigenvalue weighted by molar-refractivity contribution is 5.96. The van der Waals surface area contributed by atoms with Gasteiger partial charge in [0.15, 0.2) is 0 Å². The minimum Gasteiger partial charge on any atom is -0.354 e. The average molecular weight is 310 g/mol. The fourth-order valence-corrected chi connectivity index (χ4v) is 2.34. The molecule has 0 unspecified atom stereocenters. The minimum absolute atomic E-state index is 0. The third-order valence-electron chi connectivity index (χ3n) is 3.50. The second-order valence-electron chi connectivity index (χ2n) is 4.85. The summed E-state index contributed by atoms with van der Waals surface area (Å²) in [6, 6.07) is 18.3. The summed E-state index contributed by atoms with van der Waals surface area (Å²) in [5.74, 6) is 0. The number of benzene rings is 2. The molecule has 1 heterocycles. The fraction of sp³-hybridized carbons (Fsp3) is 0.111. The standard InChI is InChI=1S/C18H15N3.ClH/c1-2-13-8-9-17-16(10-13)18(14(11-19)12-20-17)21-15-6-4-3-5-7-15;/h3-10,12H,2H2,1H3,(H,20,21);1H. The van der Waals surface area contributed by atoms with Crippen LogP contribution in [-0.2, 0) is 6.42 Å². The Morgan fingerprint density at radius 3 is 2.59 bits per heavy atom. The molecule has 1 N–H and O–H groups in total. The van der Waals surface area contributed by atoms with Gasteiger partial charge in [-0.1, -0.05) is 31.2 Å². The third-order valence-corrected chi connectivity index (χ3v) is 3.50. The molecular formula is C18H16ClN3. The second kappa shape index (κ2) is 6.93. The summed E-state index contributed by atoms with van der Waals surface area (Å²) < 4.78 is 0. The van der Waals surface area contributed by atoms with Crippen molar-refractivity contribution in [1.29, 1.82) is 5.26 Å². The Morgan fingerprint density at radius 2 is 1.91 bits per heavy atom. The van der Waals surface area contributed by atoms with Crippen molar-refractivity contribution in [1.82, 2.24) is 4.98 Å². The number of hydrogen-bond acceptors (Lipinski definition) is 3. The van der Waals surface area contributed by atoms with Gasteiger partial charge in [-0.3, -0.25) is 4.98 Å². The summed E-state index contributed by atoms with van der Waals surface area (Å²) in [6.45, 7) is 2.12. The SMILES string of the molecule is CCc1ccc2ncc(C#N)c(Nc3ccccc3)c2c1.Cl. The van der Waals surface area contributed by atoms with Gasteiger partial charge >= 0.3 is 0 Å². The molecule has 0 amide bonds. The van der Waals surface area contributed by atoms with Crippen LogP contribution >= 0.6 is 12.4 Å². The predicted octanol–water partition coefficient (Wildman–Crippen LogP) is 4.83. The molecule has 0 aliphatic heterocycles. The monoisotopic (exact) mass is 309 g/mol. The van der Waals surface area contributed by atoms with E-state index in [-0.39, 0.29) is 12.4 Å². The maximum Gasteiger partial charge on any atom is 0.103 e. The molecule has 22 heavy (non-hydrogen) atoms. The first-order chi connectivity index (χ1) is 10.3. The number of para-hydroxylation sites is 1. The normalized spacial score (nSPS) is 9.82. The highest BCUT2D eigenvalue weighted by Gasteiger charge is 2.09. The molecule has 0 saturated heterocycles. The van der Waals surface area contributed by atoms with Gasteiger partial charge < -0.3 is 5.32 Å². The van der Waals surface area contributed by atoms with Crippen LogP contribution in [0.5, 0.6) is 0 Å². The Morgan fingerprint density at radius 1 is 1.14 bits per heavy atom. The first-order valence-corrected chi connectivity index (χ1v) is 6.95. The van der Waals surface area contributed by atoms with E-state index in [4.69, 9.17) is 0 Å². The molecule has 0 spiro atoms. The smallest absolute Gasteiger partial charge is 0.103 e. The Hall–Kier alpha value is -2.57. The highest BCUT2D eigenvalue weighted by Crippen LogP contribution is 2.29. The van der Waals surface area contributed by atoms with Crippen LogP contribution in [0.25, 0.3) is 10.9 Å². The van der Waals surface area contributed by atoms with Crippen LogP contribution in [0.3, 0.4) is 0 Å². The van der Waals surface area contributed by atoms with Crippen molar-refractivity contribution in [2.45, 2.75) is 13.3 Å². The van der Waals surface area contributed by atoms with Crippen molar-refractivity contribution in [3.05, 3.63) is 65.9 Å². The molecule has 0 aliphatic rings. The van der Waals surface area contributed by atoms with Gasteiger partial charge in [-0.05, 0) is 36.2 Å². The number of pyridine rings is 1. The Labute approximate surface area is 136 Å². The number of aromatic nitrogens is 1. The molecule has 0 radical (unpaired) electrons. The second-order valence-corrected chi connectivity index (χ2v) is 4.85. The van der Waals surface area contributed by atoms with Crippen molar-refractivity contribution in [3.63, 3.8) is 0 Å². The lowest BCUT2D eigenvalue weighted by atomic mass is 10.1. The molecule has 0 fully saturated rings. The maximum atomic E-state index is 9.35. The van der Waals surface area contributed by atoms with Gasteiger partial charge in [0, 0.05) is 17.3 Å². The van der Waals surface area contributed by atoms with E-state index < -0.39 is 0 Å². The molecule has 3 rings (SSSR count). The lowest BCUT2D eigenvalue weighted by Gasteiger charge is -2.12. The zero-order valence-corrected chi connectivity index (χ0v) is 13.0. The number of fused-ring (bicyclic) bond motifs is 1. The van der Waals surface area contributed by atoms with E-state index in [2.05, 4.69) is 35.4 Å². The average Bonchev–Trinajstić information content (AvgIpc) is 2.55. The first-order valence-electron chi connectivity index (χ1n) is 6.95. The topological polar surface area (TPSA) is 48.7 Å². The number of halogens is 1. The quantitative estimate of drug-likeness (QED) is 0.753. The van der Waals surface area contributed by atoms with Gasteiger partial charge in [0.2, 0.25) is 0 Å². The lowest BCUT2D eigenvalue weighted by molar-refractivity contribution is 1.14. The maximum absolute atomic E-state index is 9.35. The van der Waals surface area contributed by atoms with Gasteiger partial charge in [0.1, 0.15) is 6.07 Å². The molecule has 0 atom stereocenters. The van der Waals surface area contributed by atoms with Crippen LogP contribution < -0.4 is 5.32 Å². The zero-order chi connectivity index (χ0) is 14.7. The molecule has 0 saturated carbocycles. The molecule has 0 bridgehead atoms. The lowest BCUT2D eigenvalue weighted by Crippen LogP contribution is -1.97. The highest BCUT2D eigenvalue weighted by atomic mass is 35.5. The van der Waals surface area contributed by atoms with Gasteiger partial charge in [-0.2, -0.15) is 5.26 Å². The van der Waals surface area contributed by atoms with E-state index in [1.807, 2.05) is 36.4 Å². The van der Waals surface area contributed by atoms with Crippen molar-refractivity contribution in [2.75, 3.05) is 5.32 Å². The summed E-state index contributed by atoms with van der Waals surface area (Å²) in [4.78, 5) is 4.37. The van der Waals surface area contributed by atoms with Gasteiger partial charge in [0.25, 0.3) is 0 Å². The third kappa shape index (κ3) is 3.03.